The summed E-state index contributed by atoms with van der Waals surface area (Å²) in [6, 6.07) is 8.51. The molecular formula is C18H17F3N2O2. The van der Waals surface area contributed by atoms with Crippen LogP contribution in [0, 0.1) is 0 Å². The van der Waals surface area contributed by atoms with Gasteiger partial charge >= 0.3 is 6.18 Å². The first-order valence-electron chi connectivity index (χ1n) is 7.71. The van der Waals surface area contributed by atoms with Gasteiger partial charge in [0, 0.05) is 37.5 Å². The van der Waals surface area contributed by atoms with Crippen LogP contribution in [0.4, 0.5) is 24.5 Å². The van der Waals surface area contributed by atoms with Crippen LogP contribution in [0.5, 0.6) is 5.75 Å². The molecule has 1 amide bonds. The molecule has 4 nitrogen and oxygen atoms in total. The highest BCUT2D eigenvalue weighted by Gasteiger charge is 2.31. The summed E-state index contributed by atoms with van der Waals surface area (Å²) in [7, 11) is 3.28. The van der Waals surface area contributed by atoms with E-state index in [2.05, 4.69) is 5.32 Å². The van der Waals surface area contributed by atoms with Crippen molar-refractivity contribution in [1.82, 2.24) is 0 Å². The summed E-state index contributed by atoms with van der Waals surface area (Å²) in [4.78, 5) is 13.9. The molecular weight excluding hydrogens is 333 g/mol. The van der Waals surface area contributed by atoms with Crippen LogP contribution in [0.1, 0.15) is 21.5 Å². The first-order chi connectivity index (χ1) is 11.7. The second kappa shape index (κ2) is 6.31. The van der Waals surface area contributed by atoms with Gasteiger partial charge in [-0.1, -0.05) is 6.07 Å². The first kappa shape index (κ1) is 17.1. The van der Waals surface area contributed by atoms with Crippen LogP contribution >= 0.6 is 0 Å². The molecule has 2 aromatic carbocycles. The van der Waals surface area contributed by atoms with Crippen molar-refractivity contribution in [2.45, 2.75) is 12.6 Å². The zero-order chi connectivity index (χ0) is 18.2. The number of carbonyl (C=O) groups excluding carboxylic acids is 1. The fourth-order valence-corrected chi connectivity index (χ4v) is 2.62. The number of fused-ring (bicyclic) bond motifs is 1. The summed E-state index contributed by atoms with van der Waals surface area (Å²) in [5.41, 5.74) is 0.980. The van der Waals surface area contributed by atoms with Gasteiger partial charge in [0.05, 0.1) is 12.2 Å². The monoisotopic (exact) mass is 350 g/mol. The van der Waals surface area contributed by atoms with E-state index >= 15 is 0 Å². The Balaban J connectivity index is 1.89. The second-order valence-corrected chi connectivity index (χ2v) is 6.04. The van der Waals surface area contributed by atoms with Gasteiger partial charge in [0.25, 0.3) is 5.91 Å². The number of rotatable bonds is 3. The van der Waals surface area contributed by atoms with E-state index in [0.29, 0.717) is 23.6 Å². The smallest absolute Gasteiger partial charge is 0.416 e. The largest absolute Gasteiger partial charge is 0.493 e. The number of amides is 1. The summed E-state index contributed by atoms with van der Waals surface area (Å²) in [6.45, 7) is 0.570. The quantitative estimate of drug-likeness (QED) is 0.911. The van der Waals surface area contributed by atoms with E-state index in [1.54, 1.807) is 37.2 Å². The molecule has 0 saturated heterocycles. The van der Waals surface area contributed by atoms with Crippen molar-refractivity contribution >= 4 is 17.3 Å². The SMILES string of the molecule is CN(C)c1cc(NC(=O)c2ccc3c(c2)OCC3)cc(C(F)(F)F)c1. The van der Waals surface area contributed by atoms with Gasteiger partial charge in [-0.2, -0.15) is 13.2 Å². The third kappa shape index (κ3) is 3.70. The van der Waals surface area contributed by atoms with E-state index in [1.807, 2.05) is 0 Å². The third-order valence-electron chi connectivity index (χ3n) is 3.98. The highest BCUT2D eigenvalue weighted by molar-refractivity contribution is 6.04. The summed E-state index contributed by atoms with van der Waals surface area (Å²) in [5.74, 6) is 0.160. The Hall–Kier alpha value is -2.70. The Bertz CT molecular complexity index is 816. The Labute approximate surface area is 143 Å². The van der Waals surface area contributed by atoms with E-state index in [1.165, 1.54) is 6.07 Å². The van der Waals surface area contributed by atoms with Crippen molar-refractivity contribution in [3.05, 3.63) is 53.1 Å². The summed E-state index contributed by atoms with van der Waals surface area (Å²) < 4.78 is 44.6. The summed E-state index contributed by atoms with van der Waals surface area (Å²) in [5, 5.41) is 2.54. The van der Waals surface area contributed by atoms with Crippen LogP contribution in [0.2, 0.25) is 0 Å². The van der Waals surface area contributed by atoms with Gasteiger partial charge in [-0.05, 0) is 35.9 Å². The van der Waals surface area contributed by atoms with E-state index < -0.39 is 17.6 Å². The fourth-order valence-electron chi connectivity index (χ4n) is 2.62. The van der Waals surface area contributed by atoms with E-state index in [-0.39, 0.29) is 5.69 Å². The fraction of sp³-hybridized carbons (Fsp3) is 0.278. The summed E-state index contributed by atoms with van der Waals surface area (Å²) in [6.07, 6.45) is -3.70. The number of anilines is 2. The van der Waals surface area contributed by atoms with Crippen LogP contribution in [0.15, 0.2) is 36.4 Å². The van der Waals surface area contributed by atoms with E-state index in [9.17, 15) is 18.0 Å². The molecule has 0 bridgehead atoms. The average Bonchev–Trinajstić information content (AvgIpc) is 3.01. The number of nitrogens with one attached hydrogen (secondary N) is 1. The molecule has 0 atom stereocenters. The molecule has 3 rings (SSSR count). The van der Waals surface area contributed by atoms with Crippen LogP contribution in [0.3, 0.4) is 0 Å². The third-order valence-corrected chi connectivity index (χ3v) is 3.98. The highest BCUT2D eigenvalue weighted by atomic mass is 19.4. The highest BCUT2D eigenvalue weighted by Crippen LogP contribution is 2.34. The van der Waals surface area contributed by atoms with Crippen LogP contribution in [-0.2, 0) is 12.6 Å². The molecule has 132 valence electrons. The topological polar surface area (TPSA) is 41.6 Å². The van der Waals surface area contributed by atoms with E-state index in [4.69, 9.17) is 4.74 Å². The maximum Gasteiger partial charge on any atom is 0.416 e. The van der Waals surface area contributed by atoms with Gasteiger partial charge in [0.1, 0.15) is 5.75 Å². The zero-order valence-electron chi connectivity index (χ0n) is 13.8. The van der Waals surface area contributed by atoms with Gasteiger partial charge < -0.3 is 15.0 Å². The average molecular weight is 350 g/mol. The molecule has 0 fully saturated rings. The predicted octanol–water partition coefficient (Wildman–Crippen LogP) is 3.96. The Morgan fingerprint density at radius 1 is 1.16 bits per heavy atom. The lowest BCUT2D eigenvalue weighted by Gasteiger charge is -2.18. The van der Waals surface area contributed by atoms with Crippen LogP contribution < -0.4 is 15.0 Å². The minimum Gasteiger partial charge on any atom is -0.493 e. The molecule has 0 aliphatic carbocycles. The Morgan fingerprint density at radius 3 is 2.60 bits per heavy atom. The molecule has 2 aromatic rings. The number of benzene rings is 2. The molecule has 0 saturated carbocycles. The van der Waals surface area contributed by atoms with Gasteiger partial charge in [0.15, 0.2) is 0 Å². The number of hydrogen-bond donors (Lipinski definition) is 1. The van der Waals surface area contributed by atoms with Crippen LogP contribution in [0.25, 0.3) is 0 Å². The molecule has 0 radical (unpaired) electrons. The van der Waals surface area contributed by atoms with Crippen LogP contribution in [-0.4, -0.2) is 26.6 Å². The Morgan fingerprint density at radius 2 is 1.92 bits per heavy atom. The van der Waals surface area contributed by atoms with E-state index in [0.717, 1.165) is 24.1 Å². The molecule has 1 N–H and O–H groups in total. The molecule has 1 aliphatic heterocycles. The lowest BCUT2D eigenvalue weighted by Crippen LogP contribution is -2.16. The van der Waals surface area contributed by atoms with Gasteiger partial charge in [-0.3, -0.25) is 4.79 Å². The zero-order valence-corrected chi connectivity index (χ0v) is 13.8. The lowest BCUT2D eigenvalue weighted by atomic mass is 10.1. The van der Waals surface area contributed by atoms with Gasteiger partial charge in [-0.25, -0.2) is 0 Å². The summed E-state index contributed by atoms with van der Waals surface area (Å²) >= 11 is 0. The minimum atomic E-state index is -4.49. The van der Waals surface area contributed by atoms with Crippen molar-refractivity contribution < 1.29 is 22.7 Å². The molecule has 1 aliphatic rings. The predicted molar refractivity (Wildman–Crippen MR) is 89.4 cm³/mol. The van der Waals surface area contributed by atoms with Gasteiger partial charge in [0.2, 0.25) is 0 Å². The van der Waals surface area contributed by atoms with Gasteiger partial charge in [-0.15, -0.1) is 0 Å². The van der Waals surface area contributed by atoms with Crippen molar-refractivity contribution in [3.63, 3.8) is 0 Å². The van der Waals surface area contributed by atoms with Crippen molar-refractivity contribution in [3.8, 4) is 5.75 Å². The Kier molecular flexibility index (Phi) is 4.32. The number of halogens is 3. The first-order valence-corrected chi connectivity index (χ1v) is 7.71. The molecule has 25 heavy (non-hydrogen) atoms. The minimum absolute atomic E-state index is 0.0879. The number of nitrogens with zero attached hydrogens (tertiary/aromatic N) is 1. The number of ether oxygens (including phenoxy) is 1. The molecule has 1 heterocycles. The van der Waals surface area contributed by atoms with Crippen molar-refractivity contribution in [2.24, 2.45) is 0 Å². The molecule has 7 heteroatoms. The lowest BCUT2D eigenvalue weighted by molar-refractivity contribution is -0.137. The maximum absolute atomic E-state index is 13.1. The second-order valence-electron chi connectivity index (χ2n) is 6.04. The standard InChI is InChI=1S/C18H17F3N2O2/c1-23(2)15-9-13(18(19,20)21)8-14(10-15)22-17(24)12-4-3-11-5-6-25-16(11)7-12/h3-4,7-10H,5-6H2,1-2H3,(H,22,24). The number of carbonyl (C=O) groups is 1. The normalized spacial score (nSPS) is 13.2. The van der Waals surface area contributed by atoms with Crippen molar-refractivity contribution in [2.75, 3.05) is 30.9 Å². The maximum atomic E-state index is 13.1. The van der Waals surface area contributed by atoms with Crippen molar-refractivity contribution in [1.29, 1.82) is 0 Å². The molecule has 0 unspecified atom stereocenters. The number of hydrogen-bond acceptors (Lipinski definition) is 3. The number of alkyl halides is 3. The molecule has 0 aromatic heterocycles. The molecule has 0 spiro atoms.